The highest BCUT2D eigenvalue weighted by Crippen LogP contribution is 2.35. The second-order valence-corrected chi connectivity index (χ2v) is 9.54. The van der Waals surface area contributed by atoms with Crippen LogP contribution in [-0.2, 0) is 4.79 Å². The van der Waals surface area contributed by atoms with Crippen LogP contribution in [0.1, 0.15) is 13.8 Å². The van der Waals surface area contributed by atoms with Crippen LogP contribution in [0.5, 0.6) is 5.75 Å². The molecule has 11 heteroatoms. The molecule has 3 rings (SSSR count). The Balaban J connectivity index is 2.02. The van der Waals surface area contributed by atoms with Crippen molar-refractivity contribution in [2.75, 3.05) is 17.3 Å². The number of anilines is 2. The summed E-state index contributed by atoms with van der Waals surface area (Å²) < 4.78 is 18.1. The van der Waals surface area contributed by atoms with Gasteiger partial charge < -0.3 is 10.1 Å². The number of hydrogen-bond donors (Lipinski definition) is 1. The molecule has 0 radical (unpaired) electrons. The lowest BCUT2D eigenvalue weighted by Crippen LogP contribution is -2.38. The summed E-state index contributed by atoms with van der Waals surface area (Å²) in [6, 6.07) is 11.6. The minimum atomic E-state index is -2.02. The number of hydrogen-bond acceptors (Lipinski definition) is 5. The van der Waals surface area contributed by atoms with Crippen LogP contribution in [0.3, 0.4) is 0 Å². The van der Waals surface area contributed by atoms with Gasteiger partial charge in [-0.1, -0.05) is 53.0 Å². The number of aliphatic imine (C=N–C) groups is 1. The van der Waals surface area contributed by atoms with Gasteiger partial charge in [-0.25, -0.2) is 19.1 Å². The van der Waals surface area contributed by atoms with Crippen molar-refractivity contribution in [3.63, 3.8) is 0 Å². The van der Waals surface area contributed by atoms with E-state index >= 15 is 0 Å². The zero-order chi connectivity index (χ0) is 23.6. The number of benzene rings is 2. The zero-order valence-electron chi connectivity index (χ0n) is 17.4. The molecule has 0 aromatic heterocycles. The Labute approximate surface area is 199 Å². The second-order valence-electron chi connectivity index (χ2n) is 7.17. The lowest BCUT2D eigenvalue weighted by molar-refractivity contribution is -0.119. The Hall–Kier alpha value is -2.55. The van der Waals surface area contributed by atoms with Gasteiger partial charge in [0.1, 0.15) is 11.6 Å². The molecule has 170 valence electrons. The van der Waals surface area contributed by atoms with Gasteiger partial charge in [0.25, 0.3) is 5.91 Å². The maximum Gasteiger partial charge on any atom is 0.337 e. The fourth-order valence-electron chi connectivity index (χ4n) is 2.94. The summed E-state index contributed by atoms with van der Waals surface area (Å²) in [5, 5.41) is 2.93. The highest BCUT2D eigenvalue weighted by molar-refractivity contribution is 6.68. The lowest BCUT2D eigenvalue weighted by atomic mass is 10.2. The molecule has 32 heavy (non-hydrogen) atoms. The number of nitrogens with zero attached hydrogens (tertiary/aromatic N) is 3. The van der Waals surface area contributed by atoms with Gasteiger partial charge in [-0.05, 0) is 38.1 Å². The molecule has 1 aliphatic rings. The van der Waals surface area contributed by atoms with Crippen LogP contribution >= 0.6 is 34.8 Å². The topological polar surface area (TPSA) is 74.2 Å². The molecule has 0 aliphatic carbocycles. The quantitative estimate of drug-likeness (QED) is 0.435. The maximum absolute atomic E-state index is 14.4. The Morgan fingerprint density at radius 3 is 2.41 bits per heavy atom. The largest absolute Gasteiger partial charge is 0.491 e. The predicted molar refractivity (Wildman–Crippen MR) is 124 cm³/mol. The van der Waals surface area contributed by atoms with Crippen molar-refractivity contribution in [2.45, 2.75) is 29.9 Å². The van der Waals surface area contributed by atoms with Gasteiger partial charge in [-0.3, -0.25) is 9.69 Å². The summed E-state index contributed by atoms with van der Waals surface area (Å²) in [4.78, 5) is 31.3. The van der Waals surface area contributed by atoms with E-state index in [9.17, 15) is 14.0 Å². The van der Waals surface area contributed by atoms with Crippen LogP contribution in [0, 0.1) is 5.82 Å². The molecule has 0 spiro atoms. The minimum absolute atomic E-state index is 0.0542. The average Bonchev–Trinajstić information content (AvgIpc) is 2.91. The van der Waals surface area contributed by atoms with E-state index in [1.165, 1.54) is 25.2 Å². The molecule has 1 N–H and O–H groups in total. The number of halogens is 4. The van der Waals surface area contributed by atoms with E-state index in [4.69, 9.17) is 39.5 Å². The van der Waals surface area contributed by atoms with E-state index in [2.05, 4.69) is 10.3 Å². The number of rotatable bonds is 6. The zero-order valence-corrected chi connectivity index (χ0v) is 19.6. The summed E-state index contributed by atoms with van der Waals surface area (Å²) in [7, 11) is 1.26. The summed E-state index contributed by atoms with van der Waals surface area (Å²) in [5.41, 5.74) is 0.343. The first kappa shape index (κ1) is 24.1. The second kappa shape index (κ2) is 9.52. The Morgan fingerprint density at radius 2 is 1.78 bits per heavy atom. The van der Waals surface area contributed by atoms with Crippen LogP contribution < -0.4 is 15.0 Å². The molecule has 2 aromatic rings. The molecular formula is C21H20Cl3FN4O3. The van der Waals surface area contributed by atoms with Crippen molar-refractivity contribution < 1.29 is 18.7 Å². The highest BCUT2D eigenvalue weighted by atomic mass is 35.6. The number of para-hydroxylation sites is 1. The maximum atomic E-state index is 14.4. The summed E-state index contributed by atoms with van der Waals surface area (Å²) in [6.07, 6.45) is -1.35. The number of ether oxygens (including phenoxy) is 1. The highest BCUT2D eigenvalue weighted by Gasteiger charge is 2.44. The molecule has 1 saturated heterocycles. The van der Waals surface area contributed by atoms with Crippen LogP contribution in [0.4, 0.5) is 20.6 Å². The van der Waals surface area contributed by atoms with Gasteiger partial charge in [0.15, 0.2) is 6.17 Å². The van der Waals surface area contributed by atoms with Crippen LogP contribution in [0.15, 0.2) is 53.5 Å². The van der Waals surface area contributed by atoms with E-state index < -0.39 is 27.7 Å². The normalized spacial score (nSPS) is 16.8. The Morgan fingerprint density at radius 1 is 1.09 bits per heavy atom. The van der Waals surface area contributed by atoms with E-state index in [0.717, 1.165) is 15.9 Å². The molecule has 1 atom stereocenters. The molecule has 1 aliphatic heterocycles. The number of amidine groups is 1. The van der Waals surface area contributed by atoms with Gasteiger partial charge in [0.2, 0.25) is 9.63 Å². The molecule has 1 unspecified atom stereocenters. The molecule has 0 saturated carbocycles. The van der Waals surface area contributed by atoms with E-state index in [0.29, 0.717) is 11.4 Å². The smallest absolute Gasteiger partial charge is 0.337 e. The number of amides is 3. The number of likely N-dealkylation sites (N-methyl/N-ethyl adjacent to an activating group) is 1. The number of carbonyl (C=O) groups excluding carboxylic acids is 2. The van der Waals surface area contributed by atoms with Gasteiger partial charge in [-0.2, -0.15) is 0 Å². The fraction of sp³-hybridized carbons (Fsp3) is 0.286. The minimum Gasteiger partial charge on any atom is -0.491 e. The van der Waals surface area contributed by atoms with Crippen molar-refractivity contribution in [1.82, 2.24) is 4.90 Å². The first-order chi connectivity index (χ1) is 15.0. The SMILES string of the molecule is CC(C)Oc1cccc(NC(N=C2C(=O)N(C)C(=O)N2c2ccccc2F)C(Cl)(Cl)Cl)c1. The molecule has 3 amide bonds. The number of alkyl halides is 3. The number of urea groups is 1. The molecule has 1 fully saturated rings. The van der Waals surface area contributed by atoms with E-state index in [-0.39, 0.29) is 17.6 Å². The summed E-state index contributed by atoms with van der Waals surface area (Å²) >= 11 is 18.4. The first-order valence-corrected chi connectivity index (χ1v) is 10.7. The summed E-state index contributed by atoms with van der Waals surface area (Å²) in [5.74, 6) is -1.30. The van der Waals surface area contributed by atoms with Crippen LogP contribution in [0.25, 0.3) is 0 Å². The Bertz CT molecular complexity index is 1060. The molecule has 0 bridgehead atoms. The third kappa shape index (κ3) is 5.26. The first-order valence-electron chi connectivity index (χ1n) is 9.53. The van der Waals surface area contributed by atoms with Crippen molar-refractivity contribution in [3.05, 3.63) is 54.3 Å². The summed E-state index contributed by atoms with van der Waals surface area (Å²) in [6.45, 7) is 3.76. The third-order valence-corrected chi connectivity index (χ3v) is 4.97. The van der Waals surface area contributed by atoms with E-state index in [1.54, 1.807) is 24.3 Å². The van der Waals surface area contributed by atoms with Crippen LogP contribution in [0.2, 0.25) is 0 Å². The van der Waals surface area contributed by atoms with Gasteiger partial charge in [0.05, 0.1) is 11.8 Å². The van der Waals surface area contributed by atoms with E-state index in [1.807, 2.05) is 13.8 Å². The number of nitrogens with one attached hydrogen (secondary N) is 1. The van der Waals surface area contributed by atoms with Crippen LogP contribution in [-0.4, -0.2) is 45.8 Å². The van der Waals surface area contributed by atoms with Gasteiger partial charge in [-0.15, -0.1) is 0 Å². The number of carbonyl (C=O) groups is 2. The standard InChI is InChI=1S/C21H20Cl3FN4O3/c1-12(2)32-14-8-6-7-13(11-14)26-19(21(22,23)24)27-17-18(30)28(3)20(31)29(17)16-10-5-4-9-15(16)25/h4-12,19,26H,1-3H3. The Kier molecular flexibility index (Phi) is 7.17. The predicted octanol–water partition coefficient (Wildman–Crippen LogP) is 5.22. The molecule has 1 heterocycles. The number of imide groups is 1. The van der Waals surface area contributed by atoms with Crippen molar-refractivity contribution in [3.8, 4) is 5.75 Å². The van der Waals surface area contributed by atoms with Gasteiger partial charge in [0, 0.05) is 18.8 Å². The molecule has 7 nitrogen and oxygen atoms in total. The van der Waals surface area contributed by atoms with Crippen molar-refractivity contribution >= 4 is 64.0 Å². The molecular weight excluding hydrogens is 482 g/mol. The monoisotopic (exact) mass is 500 g/mol. The fourth-order valence-corrected chi connectivity index (χ4v) is 3.25. The van der Waals surface area contributed by atoms with Crippen molar-refractivity contribution in [1.29, 1.82) is 0 Å². The lowest BCUT2D eigenvalue weighted by Gasteiger charge is -2.25. The average molecular weight is 502 g/mol. The third-order valence-electron chi connectivity index (χ3n) is 4.35. The van der Waals surface area contributed by atoms with Gasteiger partial charge >= 0.3 is 6.03 Å². The van der Waals surface area contributed by atoms with Crippen molar-refractivity contribution in [2.24, 2.45) is 4.99 Å². The molecule has 2 aromatic carbocycles.